The molecule has 0 unspecified atom stereocenters. The van der Waals surface area contributed by atoms with Crippen molar-refractivity contribution in [3.05, 3.63) is 60.2 Å². The number of rotatable bonds is 5. The highest BCUT2D eigenvalue weighted by Crippen LogP contribution is 2.40. The van der Waals surface area contributed by atoms with Crippen LogP contribution in [0.25, 0.3) is 21.9 Å². The van der Waals surface area contributed by atoms with E-state index < -0.39 is 12.2 Å². The molecule has 7 nitrogen and oxygen atoms in total. The summed E-state index contributed by atoms with van der Waals surface area (Å²) in [5, 5.41) is 23.5. The van der Waals surface area contributed by atoms with Gasteiger partial charge in [-0.3, -0.25) is 4.98 Å². The molecule has 1 aromatic carbocycles. The number of pyridine rings is 1. The number of hydrogen-bond acceptors (Lipinski definition) is 6. The molecule has 3 heterocycles. The molecule has 160 valence electrons. The van der Waals surface area contributed by atoms with Crippen LogP contribution in [0.5, 0.6) is 5.88 Å². The summed E-state index contributed by atoms with van der Waals surface area (Å²) in [5.41, 5.74) is 3.90. The van der Waals surface area contributed by atoms with Crippen LogP contribution < -0.4 is 4.74 Å². The summed E-state index contributed by atoms with van der Waals surface area (Å²) in [4.78, 5) is 13.1. The zero-order valence-corrected chi connectivity index (χ0v) is 17.6. The van der Waals surface area contributed by atoms with Crippen LogP contribution in [-0.2, 0) is 6.42 Å². The maximum absolute atomic E-state index is 10.8. The molecule has 1 aliphatic rings. The first-order valence-corrected chi connectivity index (χ1v) is 10.6. The van der Waals surface area contributed by atoms with Gasteiger partial charge in [0.15, 0.2) is 0 Å². The van der Waals surface area contributed by atoms with Crippen LogP contribution >= 0.6 is 0 Å². The third-order valence-electron chi connectivity index (χ3n) is 6.49. The van der Waals surface area contributed by atoms with Crippen LogP contribution in [0.1, 0.15) is 30.1 Å². The number of hydrogen-bond donors (Lipinski definition) is 2. The van der Waals surface area contributed by atoms with Gasteiger partial charge in [0, 0.05) is 17.3 Å². The molecular formula is C24H26N4O3. The number of aromatic nitrogens is 4. The summed E-state index contributed by atoms with van der Waals surface area (Å²) in [5.74, 6) is 0.510. The molecule has 0 spiro atoms. The first-order chi connectivity index (χ1) is 15.0. The Bertz CT molecular complexity index is 1240. The number of aliphatic hydroxyl groups is 2. The van der Waals surface area contributed by atoms with Gasteiger partial charge in [-0.1, -0.05) is 18.2 Å². The first kappa shape index (κ1) is 19.9. The molecule has 0 bridgehead atoms. The molecular weight excluding hydrogens is 392 g/mol. The van der Waals surface area contributed by atoms with E-state index in [-0.39, 0.29) is 12.0 Å². The zero-order chi connectivity index (χ0) is 21.5. The van der Waals surface area contributed by atoms with Crippen molar-refractivity contribution in [3.63, 3.8) is 0 Å². The van der Waals surface area contributed by atoms with E-state index in [0.29, 0.717) is 17.9 Å². The fourth-order valence-electron chi connectivity index (χ4n) is 4.81. The average molecular weight is 418 g/mol. The SMILES string of the molecule is COc1ncnc2c1ccn2[C@@H]1C[C@H](CCc2ccc3ccc(C)nc3c2)[C@@H](O)[C@H]1O. The molecule has 2 N–H and O–H groups in total. The van der Waals surface area contributed by atoms with E-state index in [1.54, 1.807) is 7.11 Å². The molecule has 0 radical (unpaired) electrons. The Labute approximate surface area is 180 Å². The average Bonchev–Trinajstić information content (AvgIpc) is 3.33. The van der Waals surface area contributed by atoms with Crippen LogP contribution in [0.15, 0.2) is 48.9 Å². The number of aryl methyl sites for hydroxylation is 2. The number of methoxy groups -OCH3 is 1. The quantitative estimate of drug-likeness (QED) is 0.517. The van der Waals surface area contributed by atoms with Crippen LogP contribution in [0, 0.1) is 12.8 Å². The number of ether oxygens (including phenoxy) is 1. The molecule has 1 fully saturated rings. The lowest BCUT2D eigenvalue weighted by atomic mass is 9.95. The summed E-state index contributed by atoms with van der Waals surface area (Å²) in [6.45, 7) is 1.99. The van der Waals surface area contributed by atoms with Crippen LogP contribution in [-0.4, -0.2) is 49.0 Å². The van der Waals surface area contributed by atoms with Gasteiger partial charge >= 0.3 is 0 Å². The molecule has 5 rings (SSSR count). The lowest BCUT2D eigenvalue weighted by Gasteiger charge is -2.19. The van der Waals surface area contributed by atoms with Crippen LogP contribution in [0.4, 0.5) is 0 Å². The normalized spacial score (nSPS) is 23.6. The van der Waals surface area contributed by atoms with E-state index in [1.807, 2.05) is 29.8 Å². The van der Waals surface area contributed by atoms with Crippen LogP contribution in [0.3, 0.4) is 0 Å². The van der Waals surface area contributed by atoms with E-state index in [2.05, 4.69) is 39.2 Å². The molecule has 1 aliphatic carbocycles. The Morgan fingerprint density at radius 3 is 2.77 bits per heavy atom. The van der Waals surface area contributed by atoms with Crippen molar-refractivity contribution >= 4 is 21.9 Å². The Kier molecular flexibility index (Phi) is 5.08. The summed E-state index contributed by atoms with van der Waals surface area (Å²) in [6.07, 6.45) is 4.04. The van der Waals surface area contributed by atoms with Crippen molar-refractivity contribution < 1.29 is 14.9 Å². The second-order valence-electron chi connectivity index (χ2n) is 8.41. The molecule has 1 saturated carbocycles. The molecule has 3 aromatic heterocycles. The summed E-state index contributed by atoms with van der Waals surface area (Å²) in [6, 6.07) is 12.1. The van der Waals surface area contributed by atoms with Gasteiger partial charge in [0.2, 0.25) is 5.88 Å². The molecule has 0 aliphatic heterocycles. The molecule has 4 aromatic rings. The van der Waals surface area contributed by atoms with Crippen molar-refractivity contribution in [3.8, 4) is 5.88 Å². The van der Waals surface area contributed by atoms with Crippen LogP contribution in [0.2, 0.25) is 0 Å². The second kappa shape index (κ2) is 7.90. The molecule has 4 atom stereocenters. The fourth-order valence-corrected chi connectivity index (χ4v) is 4.81. The lowest BCUT2D eigenvalue weighted by molar-refractivity contribution is 0.00545. The Hall–Kier alpha value is -3.03. The third-order valence-corrected chi connectivity index (χ3v) is 6.49. The Morgan fingerprint density at radius 2 is 1.94 bits per heavy atom. The van der Waals surface area contributed by atoms with Crippen molar-refractivity contribution in [2.75, 3.05) is 7.11 Å². The maximum atomic E-state index is 10.8. The predicted octanol–water partition coefficient (Wildman–Crippen LogP) is 3.21. The monoisotopic (exact) mass is 418 g/mol. The minimum Gasteiger partial charge on any atom is -0.480 e. The molecule has 7 heteroatoms. The smallest absolute Gasteiger partial charge is 0.225 e. The van der Waals surface area contributed by atoms with Gasteiger partial charge in [-0.2, -0.15) is 0 Å². The van der Waals surface area contributed by atoms with Gasteiger partial charge in [-0.15, -0.1) is 0 Å². The van der Waals surface area contributed by atoms with Gasteiger partial charge in [-0.25, -0.2) is 9.97 Å². The largest absolute Gasteiger partial charge is 0.480 e. The summed E-state index contributed by atoms with van der Waals surface area (Å²) < 4.78 is 7.26. The fraction of sp³-hybridized carbons (Fsp3) is 0.375. The van der Waals surface area contributed by atoms with Crippen molar-refractivity contribution in [2.45, 2.75) is 44.4 Å². The minimum atomic E-state index is -0.845. The first-order valence-electron chi connectivity index (χ1n) is 10.6. The summed E-state index contributed by atoms with van der Waals surface area (Å²) >= 11 is 0. The number of aliphatic hydroxyl groups excluding tert-OH is 2. The van der Waals surface area contributed by atoms with Gasteiger partial charge in [0.1, 0.15) is 18.1 Å². The van der Waals surface area contributed by atoms with E-state index in [0.717, 1.165) is 34.8 Å². The minimum absolute atomic E-state index is 0.00217. The number of fused-ring (bicyclic) bond motifs is 2. The highest BCUT2D eigenvalue weighted by atomic mass is 16.5. The van der Waals surface area contributed by atoms with E-state index in [1.165, 1.54) is 11.9 Å². The third kappa shape index (κ3) is 3.54. The highest BCUT2D eigenvalue weighted by molar-refractivity contribution is 5.81. The standard InChI is InChI=1S/C24H26N4O3/c1-14-3-6-16-7-4-15(11-19(16)27-14)5-8-17-12-20(22(30)21(17)29)28-10-9-18-23(28)25-13-26-24(18)31-2/h3-4,6-7,9-11,13,17,20-22,29-30H,5,8,12H2,1-2H3/t17-,20+,21+,22-/m0/s1. The van der Waals surface area contributed by atoms with Gasteiger partial charge in [0.25, 0.3) is 0 Å². The Morgan fingerprint density at radius 1 is 1.10 bits per heavy atom. The van der Waals surface area contributed by atoms with Gasteiger partial charge in [-0.05, 0) is 55.9 Å². The maximum Gasteiger partial charge on any atom is 0.225 e. The van der Waals surface area contributed by atoms with E-state index in [9.17, 15) is 10.2 Å². The molecule has 31 heavy (non-hydrogen) atoms. The predicted molar refractivity (Wildman–Crippen MR) is 118 cm³/mol. The van der Waals surface area contributed by atoms with E-state index in [4.69, 9.17) is 4.74 Å². The summed E-state index contributed by atoms with van der Waals surface area (Å²) in [7, 11) is 1.58. The highest BCUT2D eigenvalue weighted by Gasteiger charge is 2.42. The molecule has 0 amide bonds. The van der Waals surface area contributed by atoms with Crippen molar-refractivity contribution in [1.29, 1.82) is 0 Å². The van der Waals surface area contributed by atoms with Gasteiger partial charge in [0.05, 0.1) is 30.2 Å². The van der Waals surface area contributed by atoms with Crippen molar-refractivity contribution in [2.24, 2.45) is 5.92 Å². The zero-order valence-electron chi connectivity index (χ0n) is 17.6. The number of nitrogens with zero attached hydrogens (tertiary/aromatic N) is 4. The topological polar surface area (TPSA) is 93.3 Å². The number of benzene rings is 1. The second-order valence-corrected chi connectivity index (χ2v) is 8.41. The molecule has 0 saturated heterocycles. The van der Waals surface area contributed by atoms with Crippen molar-refractivity contribution in [1.82, 2.24) is 19.5 Å². The van der Waals surface area contributed by atoms with E-state index >= 15 is 0 Å². The lowest BCUT2D eigenvalue weighted by Crippen LogP contribution is -2.29. The Balaban J connectivity index is 1.34. The van der Waals surface area contributed by atoms with Gasteiger partial charge < -0.3 is 19.5 Å².